The highest BCUT2D eigenvalue weighted by Crippen LogP contribution is 2.11. The summed E-state index contributed by atoms with van der Waals surface area (Å²) in [6, 6.07) is 0. The van der Waals surface area contributed by atoms with Crippen molar-refractivity contribution in [3.63, 3.8) is 0 Å². The van der Waals surface area contributed by atoms with E-state index >= 15 is 0 Å². The van der Waals surface area contributed by atoms with Gasteiger partial charge in [0, 0.05) is 32.6 Å². The minimum atomic E-state index is -0.364. The van der Waals surface area contributed by atoms with E-state index in [1.807, 2.05) is 20.8 Å². The second-order valence-corrected chi connectivity index (χ2v) is 7.22. The first-order valence-electron chi connectivity index (χ1n) is 8.77. The molecule has 0 aromatic carbocycles. The summed E-state index contributed by atoms with van der Waals surface area (Å²) < 4.78 is 5.32. The third-order valence-electron chi connectivity index (χ3n) is 3.92. The molecule has 1 aliphatic heterocycles. The highest BCUT2D eigenvalue weighted by molar-refractivity contribution is 5.69. The Balaban J connectivity index is 2.02. The maximum absolute atomic E-state index is 11.6. The zero-order valence-electron chi connectivity index (χ0n) is 14.8. The molecular weight excluding hydrogens is 278 g/mol. The smallest absolute Gasteiger partial charge is 0.306 e. The molecule has 5 nitrogen and oxygen atoms in total. The Bertz CT molecular complexity index is 308. The molecule has 0 aromatic heterocycles. The molecule has 2 N–H and O–H groups in total. The van der Waals surface area contributed by atoms with Crippen molar-refractivity contribution in [2.75, 3.05) is 45.8 Å². The Hall–Kier alpha value is -0.650. The number of esters is 1. The fourth-order valence-corrected chi connectivity index (χ4v) is 2.71. The van der Waals surface area contributed by atoms with E-state index in [-0.39, 0.29) is 11.6 Å². The van der Waals surface area contributed by atoms with Crippen LogP contribution < -0.4 is 5.73 Å². The largest absolute Gasteiger partial charge is 0.460 e. The summed E-state index contributed by atoms with van der Waals surface area (Å²) >= 11 is 0. The minimum Gasteiger partial charge on any atom is -0.460 e. The van der Waals surface area contributed by atoms with Gasteiger partial charge in [0.25, 0.3) is 0 Å². The molecule has 0 amide bonds. The number of piperazine rings is 1. The van der Waals surface area contributed by atoms with Crippen molar-refractivity contribution >= 4 is 5.97 Å². The third-order valence-corrected chi connectivity index (χ3v) is 3.92. The first-order valence-corrected chi connectivity index (χ1v) is 8.77. The minimum absolute atomic E-state index is 0.0720. The van der Waals surface area contributed by atoms with Crippen LogP contribution in [0.4, 0.5) is 0 Å². The van der Waals surface area contributed by atoms with Gasteiger partial charge in [-0.25, -0.2) is 0 Å². The number of rotatable bonds is 9. The van der Waals surface area contributed by atoms with Crippen LogP contribution in [0.5, 0.6) is 0 Å². The molecule has 1 fully saturated rings. The van der Waals surface area contributed by atoms with Gasteiger partial charge in [0.05, 0.1) is 0 Å². The van der Waals surface area contributed by atoms with Crippen LogP contribution >= 0.6 is 0 Å². The van der Waals surface area contributed by atoms with Gasteiger partial charge in [-0.15, -0.1) is 0 Å². The number of hydrogen-bond acceptors (Lipinski definition) is 5. The van der Waals surface area contributed by atoms with Crippen molar-refractivity contribution < 1.29 is 9.53 Å². The average molecular weight is 313 g/mol. The Morgan fingerprint density at radius 1 is 0.955 bits per heavy atom. The van der Waals surface area contributed by atoms with E-state index in [2.05, 4.69) is 9.80 Å². The Morgan fingerprint density at radius 3 is 1.91 bits per heavy atom. The predicted octanol–water partition coefficient (Wildman–Crippen LogP) is 1.85. The summed E-state index contributed by atoms with van der Waals surface area (Å²) in [5.41, 5.74) is 5.17. The second kappa shape index (κ2) is 10.2. The number of hydrogen-bond donors (Lipinski definition) is 1. The molecule has 0 unspecified atom stereocenters. The molecule has 0 spiro atoms. The van der Waals surface area contributed by atoms with E-state index in [9.17, 15) is 4.79 Å². The number of carbonyl (C=O) groups is 1. The maximum atomic E-state index is 11.6. The van der Waals surface area contributed by atoms with Gasteiger partial charge in [-0.2, -0.15) is 0 Å². The molecule has 1 heterocycles. The lowest BCUT2D eigenvalue weighted by Gasteiger charge is -2.34. The lowest BCUT2D eigenvalue weighted by molar-refractivity contribution is -0.154. The monoisotopic (exact) mass is 313 g/mol. The topological polar surface area (TPSA) is 58.8 Å². The van der Waals surface area contributed by atoms with Crippen LogP contribution in [-0.2, 0) is 9.53 Å². The van der Waals surface area contributed by atoms with Crippen LogP contribution in [0.3, 0.4) is 0 Å². The standard InChI is InChI=1S/C17H35N3O2/c1-17(2,3)22-16(21)8-4-6-10-19-12-14-20(15-13-19)11-7-5-9-18/h4-15,18H2,1-3H3. The molecule has 1 aliphatic rings. The van der Waals surface area contributed by atoms with Crippen molar-refractivity contribution in [2.45, 2.75) is 58.5 Å². The van der Waals surface area contributed by atoms with Crippen molar-refractivity contribution in [1.29, 1.82) is 0 Å². The van der Waals surface area contributed by atoms with Crippen molar-refractivity contribution in [3.05, 3.63) is 0 Å². The normalized spacial score (nSPS) is 17.6. The predicted molar refractivity (Wildman–Crippen MR) is 90.9 cm³/mol. The number of carbonyl (C=O) groups excluding carboxylic acids is 1. The number of unbranched alkanes of at least 4 members (excludes halogenated alkanes) is 2. The van der Waals surface area contributed by atoms with Gasteiger partial charge in [-0.05, 0) is 66.1 Å². The molecule has 0 bridgehead atoms. The lowest BCUT2D eigenvalue weighted by Crippen LogP contribution is -2.46. The van der Waals surface area contributed by atoms with Crippen LogP contribution in [0.15, 0.2) is 0 Å². The number of nitrogens with zero attached hydrogens (tertiary/aromatic N) is 2. The molecule has 0 aromatic rings. The molecule has 22 heavy (non-hydrogen) atoms. The van der Waals surface area contributed by atoms with Crippen molar-refractivity contribution in [2.24, 2.45) is 5.73 Å². The first-order chi connectivity index (χ1) is 10.4. The SMILES string of the molecule is CC(C)(C)OC(=O)CCCCN1CCN(CCCCN)CC1. The summed E-state index contributed by atoms with van der Waals surface area (Å²) in [6.45, 7) is 13.5. The summed E-state index contributed by atoms with van der Waals surface area (Å²) in [5, 5.41) is 0. The summed E-state index contributed by atoms with van der Waals surface area (Å²) in [4.78, 5) is 16.7. The summed E-state index contributed by atoms with van der Waals surface area (Å²) in [5.74, 6) is -0.0720. The molecule has 0 aliphatic carbocycles. The molecule has 130 valence electrons. The van der Waals surface area contributed by atoms with E-state index < -0.39 is 0 Å². The van der Waals surface area contributed by atoms with Gasteiger partial charge in [0.1, 0.15) is 5.60 Å². The van der Waals surface area contributed by atoms with Crippen molar-refractivity contribution in [3.8, 4) is 0 Å². The third kappa shape index (κ3) is 9.38. The van der Waals surface area contributed by atoms with Crippen LogP contribution in [0, 0.1) is 0 Å². The van der Waals surface area contributed by atoms with Crippen LogP contribution in [0.2, 0.25) is 0 Å². The fraction of sp³-hybridized carbons (Fsp3) is 0.941. The zero-order valence-corrected chi connectivity index (χ0v) is 14.8. The summed E-state index contributed by atoms with van der Waals surface area (Å²) in [6.07, 6.45) is 4.88. The Labute approximate surface area is 136 Å². The van der Waals surface area contributed by atoms with E-state index in [1.54, 1.807) is 0 Å². The second-order valence-electron chi connectivity index (χ2n) is 7.22. The van der Waals surface area contributed by atoms with Crippen LogP contribution in [-0.4, -0.2) is 67.2 Å². The summed E-state index contributed by atoms with van der Waals surface area (Å²) in [7, 11) is 0. The van der Waals surface area contributed by atoms with Crippen LogP contribution in [0.1, 0.15) is 52.9 Å². The van der Waals surface area contributed by atoms with Gasteiger partial charge in [-0.1, -0.05) is 0 Å². The van der Waals surface area contributed by atoms with Gasteiger partial charge in [-0.3, -0.25) is 4.79 Å². The number of ether oxygens (including phenoxy) is 1. The first kappa shape index (κ1) is 19.4. The van der Waals surface area contributed by atoms with E-state index in [0.29, 0.717) is 6.42 Å². The highest BCUT2D eigenvalue weighted by atomic mass is 16.6. The molecular formula is C17H35N3O2. The molecule has 0 atom stereocenters. The molecule has 0 saturated carbocycles. The van der Waals surface area contributed by atoms with Crippen molar-refractivity contribution in [1.82, 2.24) is 9.80 Å². The molecule has 0 radical (unpaired) electrons. The van der Waals surface area contributed by atoms with Gasteiger partial charge >= 0.3 is 5.97 Å². The Morgan fingerprint density at radius 2 is 1.45 bits per heavy atom. The number of nitrogens with two attached hydrogens (primary N) is 1. The van der Waals surface area contributed by atoms with Crippen LogP contribution in [0.25, 0.3) is 0 Å². The quantitative estimate of drug-likeness (QED) is 0.520. The van der Waals surface area contributed by atoms with Gasteiger partial charge in [0.15, 0.2) is 0 Å². The van der Waals surface area contributed by atoms with E-state index in [0.717, 1.165) is 58.5 Å². The maximum Gasteiger partial charge on any atom is 0.306 e. The average Bonchev–Trinajstić information content (AvgIpc) is 2.43. The van der Waals surface area contributed by atoms with Gasteiger partial charge < -0.3 is 20.3 Å². The highest BCUT2D eigenvalue weighted by Gasteiger charge is 2.17. The van der Waals surface area contributed by atoms with E-state index in [1.165, 1.54) is 13.0 Å². The fourth-order valence-electron chi connectivity index (χ4n) is 2.71. The lowest BCUT2D eigenvalue weighted by atomic mass is 10.2. The molecule has 1 rings (SSSR count). The zero-order chi connectivity index (χ0) is 16.4. The molecule has 1 saturated heterocycles. The van der Waals surface area contributed by atoms with Gasteiger partial charge in [0.2, 0.25) is 0 Å². The van der Waals surface area contributed by atoms with E-state index in [4.69, 9.17) is 10.5 Å². The Kier molecular flexibility index (Phi) is 8.98. The molecule has 5 heteroatoms.